The molecule has 0 bridgehead atoms. The minimum absolute atomic E-state index is 0.00702. The number of pyridine rings is 1. The molecule has 2 heterocycles. The van der Waals surface area contributed by atoms with Crippen LogP contribution >= 0.6 is 0 Å². The second kappa shape index (κ2) is 12.3. The zero-order valence-electron chi connectivity index (χ0n) is 20.8. The SMILES string of the molecule is CCOCCOCCn1cc2c(n1)C=C(Nc1nc(N[C@@H]3CCCCC3N)c(F)cc1C(N)=O)CC2. The average Bonchev–Trinajstić information content (AvgIpc) is 3.26. The van der Waals surface area contributed by atoms with Gasteiger partial charge in [-0.1, -0.05) is 12.8 Å². The fraction of sp³-hybridized carbons (Fsp3) is 0.560. The van der Waals surface area contributed by atoms with Gasteiger partial charge in [0.15, 0.2) is 11.6 Å². The van der Waals surface area contributed by atoms with Gasteiger partial charge in [-0.2, -0.15) is 5.10 Å². The Morgan fingerprint density at radius 3 is 2.78 bits per heavy atom. The van der Waals surface area contributed by atoms with E-state index in [1.54, 1.807) is 0 Å². The Hall–Kier alpha value is -3.02. The van der Waals surface area contributed by atoms with Crippen LogP contribution in [0.3, 0.4) is 0 Å². The van der Waals surface area contributed by atoms with Gasteiger partial charge in [0, 0.05) is 30.6 Å². The molecule has 2 aromatic rings. The Balaban J connectivity index is 1.45. The van der Waals surface area contributed by atoms with Crippen LogP contribution in [0.1, 0.15) is 60.6 Å². The Bertz CT molecular complexity index is 1090. The zero-order valence-corrected chi connectivity index (χ0v) is 20.8. The van der Waals surface area contributed by atoms with Crippen LogP contribution in [0.2, 0.25) is 0 Å². The number of aryl methyl sites for hydroxylation is 1. The standard InChI is InChI=1S/C25H36FN7O3/c1-2-35-11-12-36-10-9-33-15-16-7-8-17(13-22(16)32-33)29-24-18(23(28)34)14-19(26)25(31-24)30-21-6-4-3-5-20(21)27/h13-15,20-21H,2-12,27H2,1H3,(H2,28,34)(H2,29,30,31)/t20?,21-/m1/s1. The Morgan fingerprint density at radius 1 is 1.19 bits per heavy atom. The number of primary amides is 1. The Kier molecular flexibility index (Phi) is 8.89. The lowest BCUT2D eigenvalue weighted by atomic mass is 9.91. The first kappa shape index (κ1) is 26.1. The molecule has 2 aromatic heterocycles. The highest BCUT2D eigenvalue weighted by Crippen LogP contribution is 2.28. The molecule has 1 amide bonds. The van der Waals surface area contributed by atoms with E-state index in [9.17, 15) is 9.18 Å². The topological polar surface area (TPSA) is 142 Å². The van der Waals surface area contributed by atoms with Crippen LogP contribution < -0.4 is 22.1 Å². The van der Waals surface area contributed by atoms with E-state index in [-0.39, 0.29) is 29.3 Å². The Labute approximate surface area is 210 Å². The summed E-state index contributed by atoms with van der Waals surface area (Å²) in [6.07, 6.45) is 9.22. The second-order valence-electron chi connectivity index (χ2n) is 9.18. The Morgan fingerprint density at radius 2 is 2.00 bits per heavy atom. The summed E-state index contributed by atoms with van der Waals surface area (Å²) in [5.74, 6) is -1.10. The maximum atomic E-state index is 14.8. The number of nitrogens with zero attached hydrogens (tertiary/aromatic N) is 3. The van der Waals surface area contributed by atoms with Gasteiger partial charge in [0.25, 0.3) is 5.91 Å². The summed E-state index contributed by atoms with van der Waals surface area (Å²) in [5.41, 5.74) is 14.5. The lowest BCUT2D eigenvalue weighted by molar-refractivity contribution is 0.0488. The highest BCUT2D eigenvalue weighted by molar-refractivity contribution is 5.98. The summed E-state index contributed by atoms with van der Waals surface area (Å²) in [5, 5.41) is 11.0. The molecule has 0 spiro atoms. The predicted molar refractivity (Wildman–Crippen MR) is 136 cm³/mol. The van der Waals surface area contributed by atoms with Gasteiger partial charge in [-0.05, 0) is 50.3 Å². The largest absolute Gasteiger partial charge is 0.379 e. The molecule has 11 heteroatoms. The van der Waals surface area contributed by atoms with E-state index in [1.807, 2.05) is 23.9 Å². The number of anilines is 2. The van der Waals surface area contributed by atoms with Crippen molar-refractivity contribution < 1.29 is 18.7 Å². The molecule has 1 unspecified atom stereocenters. The summed E-state index contributed by atoms with van der Waals surface area (Å²) < 4.78 is 27.5. The molecule has 2 aliphatic carbocycles. The average molecular weight is 502 g/mol. The molecule has 0 aliphatic heterocycles. The second-order valence-corrected chi connectivity index (χ2v) is 9.18. The number of fused-ring (bicyclic) bond motifs is 1. The number of hydrogen-bond donors (Lipinski definition) is 4. The van der Waals surface area contributed by atoms with Crippen LogP contribution in [0.5, 0.6) is 0 Å². The summed E-state index contributed by atoms with van der Waals surface area (Å²) in [6, 6.07) is 0.983. The highest BCUT2D eigenvalue weighted by Gasteiger charge is 2.25. The molecule has 0 aromatic carbocycles. The first-order chi connectivity index (χ1) is 17.4. The molecule has 0 saturated heterocycles. The van der Waals surface area contributed by atoms with Crippen LogP contribution in [-0.2, 0) is 22.4 Å². The third kappa shape index (κ3) is 6.59. The monoisotopic (exact) mass is 501 g/mol. The number of halogens is 1. The van der Waals surface area contributed by atoms with Crippen molar-refractivity contribution in [2.75, 3.05) is 37.1 Å². The van der Waals surface area contributed by atoms with Gasteiger partial charge in [0.2, 0.25) is 0 Å². The third-order valence-corrected chi connectivity index (χ3v) is 6.55. The molecular weight excluding hydrogens is 465 g/mol. The molecule has 2 atom stereocenters. The molecule has 6 N–H and O–H groups in total. The minimum atomic E-state index is -0.754. The number of carbonyl (C=O) groups excluding carboxylic acids is 1. The number of allylic oxidation sites excluding steroid dienone is 1. The number of carbonyl (C=O) groups is 1. The molecule has 0 radical (unpaired) electrons. The quantitative estimate of drug-likeness (QED) is 0.325. The molecule has 2 aliphatic rings. The molecule has 36 heavy (non-hydrogen) atoms. The van der Waals surface area contributed by atoms with Crippen molar-refractivity contribution in [3.05, 3.63) is 40.6 Å². The van der Waals surface area contributed by atoms with Crippen molar-refractivity contribution in [1.29, 1.82) is 0 Å². The van der Waals surface area contributed by atoms with Gasteiger partial charge in [0.05, 0.1) is 37.6 Å². The van der Waals surface area contributed by atoms with E-state index < -0.39 is 11.7 Å². The number of nitrogens with one attached hydrogen (secondary N) is 2. The van der Waals surface area contributed by atoms with Crippen molar-refractivity contribution >= 4 is 23.6 Å². The number of amides is 1. The van der Waals surface area contributed by atoms with E-state index in [1.165, 1.54) is 0 Å². The fourth-order valence-electron chi connectivity index (χ4n) is 4.57. The van der Waals surface area contributed by atoms with Crippen LogP contribution in [0.4, 0.5) is 16.0 Å². The predicted octanol–water partition coefficient (Wildman–Crippen LogP) is 2.65. The van der Waals surface area contributed by atoms with Gasteiger partial charge >= 0.3 is 0 Å². The van der Waals surface area contributed by atoms with Crippen molar-refractivity contribution in [2.24, 2.45) is 11.5 Å². The van der Waals surface area contributed by atoms with E-state index in [0.717, 1.165) is 55.1 Å². The number of aromatic nitrogens is 3. The van der Waals surface area contributed by atoms with E-state index in [4.69, 9.17) is 20.9 Å². The smallest absolute Gasteiger partial charge is 0.252 e. The summed E-state index contributed by atoms with van der Waals surface area (Å²) in [4.78, 5) is 16.4. The van der Waals surface area contributed by atoms with E-state index in [0.29, 0.717) is 39.4 Å². The molecule has 10 nitrogen and oxygen atoms in total. The van der Waals surface area contributed by atoms with Gasteiger partial charge in [-0.25, -0.2) is 9.37 Å². The third-order valence-electron chi connectivity index (χ3n) is 6.55. The number of hydrogen-bond acceptors (Lipinski definition) is 8. The normalized spacial score (nSPS) is 19.5. The molecule has 1 saturated carbocycles. The first-order valence-electron chi connectivity index (χ1n) is 12.7. The van der Waals surface area contributed by atoms with E-state index >= 15 is 0 Å². The highest BCUT2D eigenvalue weighted by atomic mass is 19.1. The molecule has 1 fully saturated rings. The lowest BCUT2D eigenvalue weighted by Crippen LogP contribution is -2.43. The molecule has 4 rings (SSSR count). The minimum Gasteiger partial charge on any atom is -0.379 e. The summed E-state index contributed by atoms with van der Waals surface area (Å²) >= 11 is 0. The van der Waals surface area contributed by atoms with E-state index in [2.05, 4.69) is 20.7 Å². The maximum absolute atomic E-state index is 14.8. The zero-order chi connectivity index (χ0) is 25.5. The van der Waals surface area contributed by atoms with Gasteiger partial charge in [0.1, 0.15) is 5.82 Å². The van der Waals surface area contributed by atoms with Crippen molar-refractivity contribution in [3.63, 3.8) is 0 Å². The number of rotatable bonds is 12. The summed E-state index contributed by atoms with van der Waals surface area (Å²) in [6.45, 7) is 4.95. The van der Waals surface area contributed by atoms with Gasteiger partial charge in [-0.3, -0.25) is 9.48 Å². The van der Waals surface area contributed by atoms with Crippen LogP contribution in [0.25, 0.3) is 6.08 Å². The number of nitrogens with two attached hydrogens (primary N) is 2. The van der Waals surface area contributed by atoms with Crippen LogP contribution in [0.15, 0.2) is 18.0 Å². The lowest BCUT2D eigenvalue weighted by Gasteiger charge is -2.30. The molecular formula is C25H36FN7O3. The first-order valence-corrected chi connectivity index (χ1v) is 12.7. The van der Waals surface area contributed by atoms with Crippen molar-refractivity contribution in [3.8, 4) is 0 Å². The molecule has 196 valence electrons. The van der Waals surface area contributed by atoms with Gasteiger partial charge in [-0.15, -0.1) is 0 Å². The van der Waals surface area contributed by atoms with Crippen molar-refractivity contribution in [2.45, 2.75) is 64.1 Å². The summed E-state index contributed by atoms with van der Waals surface area (Å²) in [7, 11) is 0. The maximum Gasteiger partial charge on any atom is 0.252 e. The fourth-order valence-corrected chi connectivity index (χ4v) is 4.57. The van der Waals surface area contributed by atoms with Crippen LogP contribution in [-0.4, -0.2) is 59.2 Å². The number of ether oxygens (including phenoxy) is 2. The van der Waals surface area contributed by atoms with Crippen molar-refractivity contribution in [1.82, 2.24) is 14.8 Å². The van der Waals surface area contributed by atoms with Crippen LogP contribution in [0, 0.1) is 5.82 Å². The van der Waals surface area contributed by atoms with Gasteiger partial charge < -0.3 is 31.6 Å².